The van der Waals surface area contributed by atoms with E-state index in [9.17, 15) is 9.59 Å². The lowest BCUT2D eigenvalue weighted by Gasteiger charge is -2.40. The highest BCUT2D eigenvalue weighted by atomic mass is 16.6. The second-order valence-electron chi connectivity index (χ2n) is 10.8. The number of Topliss-reactive ketones (excluding diaryl/α,β-unsaturated/α-hetero) is 1. The first-order valence-corrected chi connectivity index (χ1v) is 12.7. The zero-order chi connectivity index (χ0) is 25.6. The van der Waals surface area contributed by atoms with Gasteiger partial charge in [-0.2, -0.15) is 0 Å². The Kier molecular flexibility index (Phi) is 6.11. The molecule has 1 aliphatic heterocycles. The lowest BCUT2D eigenvalue weighted by atomic mass is 9.68. The summed E-state index contributed by atoms with van der Waals surface area (Å²) in [5, 5.41) is 5.99. The summed E-state index contributed by atoms with van der Waals surface area (Å²) in [5.74, 6) is 0.509. The third-order valence-electron chi connectivity index (χ3n) is 7.02. The third-order valence-corrected chi connectivity index (χ3v) is 7.02. The molecule has 0 fully saturated rings. The molecular formula is C31H33NO4. The van der Waals surface area contributed by atoms with Crippen molar-refractivity contribution in [1.82, 2.24) is 0 Å². The van der Waals surface area contributed by atoms with Crippen LogP contribution in [0.4, 0.5) is 5.69 Å². The average Bonchev–Trinajstić information content (AvgIpc) is 2.83. The smallest absolute Gasteiger partial charge is 0.313 e. The SMILES string of the molecule is CCOc1cc([C@@H]2Nc3ccc4ccccc4c3C3=C2C(=O)CC(C)(C)C3)ccc1OC(=O)C(C)C. The maximum Gasteiger partial charge on any atom is 0.313 e. The van der Waals surface area contributed by atoms with Crippen LogP contribution in [-0.2, 0) is 9.59 Å². The molecule has 5 heteroatoms. The number of hydrogen-bond acceptors (Lipinski definition) is 5. The van der Waals surface area contributed by atoms with Crippen molar-refractivity contribution in [3.05, 3.63) is 71.3 Å². The van der Waals surface area contributed by atoms with Gasteiger partial charge in [-0.05, 0) is 58.9 Å². The fraction of sp³-hybridized carbons (Fsp3) is 0.355. The van der Waals surface area contributed by atoms with Crippen LogP contribution in [0.5, 0.6) is 11.5 Å². The van der Waals surface area contributed by atoms with Gasteiger partial charge in [-0.25, -0.2) is 0 Å². The molecule has 3 aromatic carbocycles. The predicted molar refractivity (Wildman–Crippen MR) is 143 cm³/mol. The van der Waals surface area contributed by atoms with E-state index in [1.165, 1.54) is 0 Å². The van der Waals surface area contributed by atoms with Gasteiger partial charge in [0.05, 0.1) is 18.6 Å². The average molecular weight is 484 g/mol. The Hall–Kier alpha value is -3.60. The quantitative estimate of drug-likeness (QED) is 0.309. The monoisotopic (exact) mass is 483 g/mol. The molecule has 0 saturated heterocycles. The topological polar surface area (TPSA) is 64.6 Å². The molecular weight excluding hydrogens is 450 g/mol. The molecule has 0 aromatic heterocycles. The van der Waals surface area contributed by atoms with Gasteiger partial charge in [0.25, 0.3) is 0 Å². The van der Waals surface area contributed by atoms with Crippen LogP contribution in [0.2, 0.25) is 0 Å². The molecule has 1 heterocycles. The van der Waals surface area contributed by atoms with Gasteiger partial charge in [-0.3, -0.25) is 9.59 Å². The molecule has 3 aromatic rings. The van der Waals surface area contributed by atoms with Gasteiger partial charge in [-0.15, -0.1) is 0 Å². The molecule has 36 heavy (non-hydrogen) atoms. The lowest BCUT2D eigenvalue weighted by Crippen LogP contribution is -2.33. The molecule has 0 amide bonds. The van der Waals surface area contributed by atoms with Gasteiger partial charge in [0, 0.05) is 23.2 Å². The lowest BCUT2D eigenvalue weighted by molar-refractivity contribution is -0.137. The van der Waals surface area contributed by atoms with Crippen molar-refractivity contribution in [1.29, 1.82) is 0 Å². The number of benzene rings is 3. The number of carbonyl (C=O) groups is 2. The summed E-state index contributed by atoms with van der Waals surface area (Å²) in [6.07, 6.45) is 1.34. The first-order chi connectivity index (χ1) is 17.2. The van der Waals surface area contributed by atoms with Crippen LogP contribution in [0.15, 0.2) is 60.2 Å². The number of ether oxygens (including phenoxy) is 2. The number of ketones is 1. The van der Waals surface area contributed by atoms with Crippen molar-refractivity contribution >= 4 is 33.8 Å². The Labute approximate surface area is 212 Å². The maximum atomic E-state index is 13.7. The van der Waals surface area contributed by atoms with Crippen LogP contribution < -0.4 is 14.8 Å². The second-order valence-corrected chi connectivity index (χ2v) is 10.8. The molecule has 0 spiro atoms. The van der Waals surface area contributed by atoms with E-state index in [1.807, 2.05) is 25.1 Å². The third kappa shape index (κ3) is 4.27. The minimum absolute atomic E-state index is 0.114. The van der Waals surface area contributed by atoms with Crippen molar-refractivity contribution in [3.63, 3.8) is 0 Å². The summed E-state index contributed by atoms with van der Waals surface area (Å²) in [6.45, 7) is 10.3. The normalized spacial score (nSPS) is 18.5. The molecule has 0 radical (unpaired) electrons. The fourth-order valence-corrected chi connectivity index (χ4v) is 5.37. The maximum absolute atomic E-state index is 13.7. The second kappa shape index (κ2) is 9.12. The number of esters is 1. The molecule has 5 nitrogen and oxygen atoms in total. The molecule has 1 N–H and O–H groups in total. The van der Waals surface area contributed by atoms with Gasteiger partial charge in [0.2, 0.25) is 0 Å². The highest BCUT2D eigenvalue weighted by Crippen LogP contribution is 2.52. The highest BCUT2D eigenvalue weighted by molar-refractivity contribution is 6.12. The molecule has 0 saturated carbocycles. The van der Waals surface area contributed by atoms with Crippen LogP contribution in [0.3, 0.4) is 0 Å². The first-order valence-electron chi connectivity index (χ1n) is 12.7. The summed E-state index contributed by atoms with van der Waals surface area (Å²) in [4.78, 5) is 25.9. The van der Waals surface area contributed by atoms with Gasteiger partial charge in [0.1, 0.15) is 0 Å². The number of carbonyl (C=O) groups excluding carboxylic acids is 2. The molecule has 0 bridgehead atoms. The zero-order valence-electron chi connectivity index (χ0n) is 21.6. The number of rotatable bonds is 5. The van der Waals surface area contributed by atoms with Crippen molar-refractivity contribution in [2.24, 2.45) is 11.3 Å². The number of allylic oxidation sites excluding steroid dienone is 1. The van der Waals surface area contributed by atoms with E-state index in [-0.39, 0.29) is 29.1 Å². The first kappa shape index (κ1) is 24.1. The van der Waals surface area contributed by atoms with Gasteiger partial charge in [-0.1, -0.05) is 64.1 Å². The van der Waals surface area contributed by atoms with Crippen molar-refractivity contribution < 1.29 is 19.1 Å². The van der Waals surface area contributed by atoms with Crippen LogP contribution in [0.25, 0.3) is 16.3 Å². The Balaban J connectivity index is 1.66. The van der Waals surface area contributed by atoms with Crippen LogP contribution >= 0.6 is 0 Å². The number of nitrogens with one attached hydrogen (secondary N) is 1. The number of anilines is 1. The fourth-order valence-electron chi connectivity index (χ4n) is 5.37. The van der Waals surface area contributed by atoms with E-state index in [0.717, 1.165) is 45.2 Å². The molecule has 2 aliphatic rings. The molecule has 5 rings (SSSR count). The van der Waals surface area contributed by atoms with Crippen LogP contribution in [0.1, 0.15) is 64.6 Å². The predicted octanol–water partition coefficient (Wildman–Crippen LogP) is 7.11. The van der Waals surface area contributed by atoms with Gasteiger partial charge in [0.15, 0.2) is 17.3 Å². The zero-order valence-corrected chi connectivity index (χ0v) is 21.6. The minimum Gasteiger partial charge on any atom is -0.490 e. The van der Waals surface area contributed by atoms with E-state index in [4.69, 9.17) is 9.47 Å². The van der Waals surface area contributed by atoms with E-state index in [1.54, 1.807) is 19.9 Å². The van der Waals surface area contributed by atoms with Gasteiger partial charge < -0.3 is 14.8 Å². The Morgan fingerprint density at radius 3 is 2.58 bits per heavy atom. The number of hydrogen-bond donors (Lipinski definition) is 1. The van der Waals surface area contributed by atoms with Crippen molar-refractivity contribution in [2.75, 3.05) is 11.9 Å². The Morgan fingerprint density at radius 2 is 1.83 bits per heavy atom. The molecule has 1 atom stereocenters. The molecule has 1 aliphatic carbocycles. The summed E-state index contributed by atoms with van der Waals surface area (Å²) in [6, 6.07) is 17.9. The summed E-state index contributed by atoms with van der Waals surface area (Å²) < 4.78 is 11.5. The Morgan fingerprint density at radius 1 is 1.06 bits per heavy atom. The van der Waals surface area contributed by atoms with E-state index >= 15 is 0 Å². The van der Waals surface area contributed by atoms with Gasteiger partial charge >= 0.3 is 5.97 Å². The van der Waals surface area contributed by atoms with Crippen LogP contribution in [0, 0.1) is 11.3 Å². The van der Waals surface area contributed by atoms with Crippen molar-refractivity contribution in [3.8, 4) is 11.5 Å². The largest absolute Gasteiger partial charge is 0.490 e. The summed E-state index contributed by atoms with van der Waals surface area (Å²) in [5.41, 5.74) is 4.90. The highest BCUT2D eigenvalue weighted by Gasteiger charge is 2.41. The summed E-state index contributed by atoms with van der Waals surface area (Å²) >= 11 is 0. The minimum atomic E-state index is -0.314. The standard InChI is InChI=1S/C31H33NO4/c1-6-35-26-15-20(12-14-25(26)36-30(34)18(2)3)29-28-22(16-31(4,5)17-24(28)33)27-21-10-8-7-9-19(21)11-13-23(27)32-29/h7-15,18,29,32H,6,16-17H2,1-5H3/t29-/m0/s1. The number of fused-ring (bicyclic) bond motifs is 4. The Bertz CT molecular complexity index is 1400. The van der Waals surface area contributed by atoms with Crippen molar-refractivity contribution in [2.45, 2.75) is 53.5 Å². The van der Waals surface area contributed by atoms with Crippen LogP contribution in [-0.4, -0.2) is 18.4 Å². The summed E-state index contributed by atoms with van der Waals surface area (Å²) in [7, 11) is 0. The van der Waals surface area contributed by atoms with E-state index in [2.05, 4.69) is 49.5 Å². The van der Waals surface area contributed by atoms with E-state index < -0.39 is 0 Å². The molecule has 0 unspecified atom stereocenters. The van der Waals surface area contributed by atoms with E-state index in [0.29, 0.717) is 24.5 Å². The molecule has 186 valence electrons.